The molecule has 0 aromatic heterocycles. The fourth-order valence-corrected chi connectivity index (χ4v) is 0.655. The van der Waals surface area contributed by atoms with E-state index in [4.69, 9.17) is 14.6 Å². The van der Waals surface area contributed by atoms with Gasteiger partial charge in [-0.15, -0.1) is 0 Å². The Balaban J connectivity index is 0. The molecule has 0 N–H and O–H groups in total. The summed E-state index contributed by atoms with van der Waals surface area (Å²) in [5.41, 5.74) is 0. The molecule has 0 unspecified atom stereocenters. The van der Waals surface area contributed by atoms with Crippen LogP contribution in [0.25, 0.3) is 0 Å². The molecule has 0 aliphatic carbocycles. The van der Waals surface area contributed by atoms with E-state index < -0.39 is 5.97 Å². The van der Waals surface area contributed by atoms with Gasteiger partial charge in [-0.05, 0) is 19.1 Å². The first-order valence-corrected chi connectivity index (χ1v) is 3.93. The summed E-state index contributed by atoms with van der Waals surface area (Å²) >= 11 is 0. The molecule has 76 valence electrons. The van der Waals surface area contributed by atoms with Crippen molar-refractivity contribution in [2.24, 2.45) is 0 Å². The molecule has 0 aliphatic heterocycles. The molecule has 0 radical (unpaired) electrons. The summed E-state index contributed by atoms with van der Waals surface area (Å²) in [5.74, 6) is -0.777. The predicted octanol–water partition coefficient (Wildman–Crippen LogP) is -2.63. The number of aliphatic carboxylic acids is 1. The number of rotatable bonds is 1. The topological polar surface area (TPSA) is 66.4 Å². The molecule has 0 saturated heterocycles. The van der Waals surface area contributed by atoms with Gasteiger partial charge in [0.1, 0.15) is 5.75 Å². The summed E-state index contributed by atoms with van der Waals surface area (Å²) in [6.45, 7) is 2.35. The van der Waals surface area contributed by atoms with Crippen LogP contribution in [0.4, 0.5) is 0 Å². The average Bonchev–Trinajstić information content (AvgIpc) is 2.03. The first kappa shape index (κ1) is 16.6. The maximum absolute atomic E-state index is 10.4. The van der Waals surface area contributed by atoms with Gasteiger partial charge in [-0.2, -0.15) is 0 Å². The van der Waals surface area contributed by atoms with Crippen LogP contribution in [0.15, 0.2) is 30.3 Å². The molecule has 5 heteroatoms. The molecule has 0 bridgehead atoms. The fourth-order valence-electron chi connectivity index (χ4n) is 0.655. The number of benzene rings is 1. The molecule has 0 atom stereocenters. The summed E-state index contributed by atoms with van der Waals surface area (Å²) in [6, 6.07) is 8.98. The standard InChI is InChI=1S/C8H8O2.C2H4O2.Na/c1-7(9)10-8-5-3-2-4-6-8;1-2(3)4;/h2-6H,1H3;1H3,(H,3,4);/q;;+1/p-1. The van der Waals surface area contributed by atoms with E-state index in [1.54, 1.807) is 12.1 Å². The van der Waals surface area contributed by atoms with Crippen LogP contribution in [0.5, 0.6) is 5.75 Å². The van der Waals surface area contributed by atoms with Crippen molar-refractivity contribution in [3.63, 3.8) is 0 Å². The number of carboxylic acid groups (broad SMARTS) is 1. The van der Waals surface area contributed by atoms with Gasteiger partial charge in [0, 0.05) is 12.9 Å². The fraction of sp³-hybridized carbons (Fsp3) is 0.200. The van der Waals surface area contributed by atoms with Crippen molar-refractivity contribution in [2.75, 3.05) is 0 Å². The van der Waals surface area contributed by atoms with Crippen molar-refractivity contribution in [3.05, 3.63) is 30.3 Å². The second kappa shape index (κ2) is 9.71. The Kier molecular flexibility index (Phi) is 10.7. The van der Waals surface area contributed by atoms with Crippen molar-refractivity contribution < 1.29 is 49.0 Å². The Morgan fingerprint density at radius 1 is 1.13 bits per heavy atom. The number of esters is 1. The predicted molar refractivity (Wildman–Crippen MR) is 48.4 cm³/mol. The van der Waals surface area contributed by atoms with Crippen LogP contribution < -0.4 is 39.4 Å². The number of carbonyl (C=O) groups excluding carboxylic acids is 2. The Bertz CT molecular complexity index is 294. The zero-order chi connectivity index (χ0) is 11.0. The molecule has 0 fully saturated rings. The second-order valence-corrected chi connectivity index (χ2v) is 2.40. The maximum atomic E-state index is 10.4. The third kappa shape index (κ3) is 13.2. The molecular weight excluding hydrogens is 207 g/mol. The summed E-state index contributed by atoms with van der Waals surface area (Å²) in [5, 5.41) is 8.89. The third-order valence-corrected chi connectivity index (χ3v) is 1.00. The van der Waals surface area contributed by atoms with Gasteiger partial charge in [0.2, 0.25) is 0 Å². The van der Waals surface area contributed by atoms with E-state index >= 15 is 0 Å². The van der Waals surface area contributed by atoms with Crippen LogP contribution in [0.1, 0.15) is 13.8 Å². The van der Waals surface area contributed by atoms with Gasteiger partial charge in [-0.3, -0.25) is 4.79 Å². The Morgan fingerprint density at radius 3 is 1.87 bits per heavy atom. The number of ether oxygens (including phenoxy) is 1. The SMILES string of the molecule is CC(=O)Oc1ccccc1.CC(=O)[O-].[Na+]. The molecule has 0 spiro atoms. The van der Waals surface area contributed by atoms with Crippen molar-refractivity contribution in [1.29, 1.82) is 0 Å². The second-order valence-electron chi connectivity index (χ2n) is 2.40. The molecular formula is C10H11NaO4. The molecule has 0 heterocycles. The molecule has 0 amide bonds. The monoisotopic (exact) mass is 218 g/mol. The number of carbonyl (C=O) groups is 2. The van der Waals surface area contributed by atoms with Crippen LogP contribution in [0.3, 0.4) is 0 Å². The van der Waals surface area contributed by atoms with E-state index in [1.807, 2.05) is 18.2 Å². The Morgan fingerprint density at radius 2 is 1.53 bits per heavy atom. The van der Waals surface area contributed by atoms with E-state index in [0.717, 1.165) is 6.92 Å². The van der Waals surface area contributed by atoms with Gasteiger partial charge in [-0.25, -0.2) is 0 Å². The summed E-state index contributed by atoms with van der Waals surface area (Å²) in [7, 11) is 0. The summed E-state index contributed by atoms with van der Waals surface area (Å²) < 4.78 is 4.78. The van der Waals surface area contributed by atoms with Gasteiger partial charge in [0.05, 0.1) is 0 Å². The third-order valence-electron chi connectivity index (χ3n) is 1.00. The van der Waals surface area contributed by atoms with Crippen molar-refractivity contribution in [3.8, 4) is 5.75 Å². The van der Waals surface area contributed by atoms with E-state index in [2.05, 4.69) is 0 Å². The molecule has 1 aromatic carbocycles. The smallest absolute Gasteiger partial charge is 0.550 e. The van der Waals surface area contributed by atoms with Gasteiger partial charge >= 0.3 is 35.5 Å². The first-order valence-electron chi connectivity index (χ1n) is 3.93. The van der Waals surface area contributed by atoms with E-state index in [-0.39, 0.29) is 35.5 Å². The summed E-state index contributed by atoms with van der Waals surface area (Å²) in [6.07, 6.45) is 0. The quantitative estimate of drug-likeness (QED) is 0.294. The minimum atomic E-state index is -1.08. The average molecular weight is 218 g/mol. The minimum absolute atomic E-state index is 0. The first-order chi connectivity index (χ1) is 6.52. The van der Waals surface area contributed by atoms with E-state index in [0.29, 0.717) is 5.75 Å². The Labute approximate surface area is 111 Å². The number of carboxylic acids is 1. The van der Waals surface area contributed by atoms with Crippen LogP contribution in [0.2, 0.25) is 0 Å². The summed E-state index contributed by atoms with van der Waals surface area (Å²) in [4.78, 5) is 19.3. The van der Waals surface area contributed by atoms with Gasteiger partial charge < -0.3 is 14.6 Å². The van der Waals surface area contributed by atoms with Gasteiger partial charge in [0.15, 0.2) is 0 Å². The zero-order valence-electron chi connectivity index (χ0n) is 9.02. The van der Waals surface area contributed by atoms with Crippen molar-refractivity contribution in [2.45, 2.75) is 13.8 Å². The molecule has 1 aromatic rings. The van der Waals surface area contributed by atoms with Gasteiger partial charge in [-0.1, -0.05) is 18.2 Å². The Hall–Kier alpha value is -0.840. The van der Waals surface area contributed by atoms with Crippen LogP contribution >= 0.6 is 0 Å². The molecule has 15 heavy (non-hydrogen) atoms. The molecule has 0 aliphatic rings. The largest absolute Gasteiger partial charge is 1.00 e. The molecule has 1 rings (SSSR count). The number of hydrogen-bond donors (Lipinski definition) is 0. The van der Waals surface area contributed by atoms with Crippen molar-refractivity contribution in [1.82, 2.24) is 0 Å². The van der Waals surface area contributed by atoms with Crippen LogP contribution in [-0.2, 0) is 9.59 Å². The zero-order valence-corrected chi connectivity index (χ0v) is 11.0. The van der Waals surface area contributed by atoms with Crippen LogP contribution in [-0.4, -0.2) is 11.9 Å². The number of hydrogen-bond acceptors (Lipinski definition) is 4. The minimum Gasteiger partial charge on any atom is -0.550 e. The normalized spacial score (nSPS) is 7.60. The van der Waals surface area contributed by atoms with Crippen molar-refractivity contribution >= 4 is 11.9 Å². The van der Waals surface area contributed by atoms with E-state index in [1.165, 1.54) is 6.92 Å². The van der Waals surface area contributed by atoms with E-state index in [9.17, 15) is 4.79 Å². The van der Waals surface area contributed by atoms with Crippen LogP contribution in [0, 0.1) is 0 Å². The molecule has 0 saturated carbocycles. The maximum Gasteiger partial charge on any atom is 1.00 e. The van der Waals surface area contributed by atoms with Gasteiger partial charge in [0.25, 0.3) is 0 Å². The number of para-hydroxylation sites is 1. The molecule has 4 nitrogen and oxygen atoms in total.